The van der Waals surface area contributed by atoms with Gasteiger partial charge in [0.05, 0.1) is 5.38 Å². The smallest absolute Gasteiger partial charge is 0.230 e. The molecule has 3 rings (SSSR count). The second-order valence-corrected chi connectivity index (χ2v) is 5.27. The van der Waals surface area contributed by atoms with E-state index in [9.17, 15) is 0 Å². The van der Waals surface area contributed by atoms with E-state index in [0.717, 1.165) is 25.2 Å². The topological polar surface area (TPSA) is 38.9 Å². The molecule has 1 aliphatic rings. The van der Waals surface area contributed by atoms with Crippen LogP contribution in [0.3, 0.4) is 0 Å². The third kappa shape index (κ3) is 2.03. The van der Waals surface area contributed by atoms with Gasteiger partial charge >= 0.3 is 0 Å². The lowest BCUT2D eigenvalue weighted by Crippen LogP contribution is -1.99. The summed E-state index contributed by atoms with van der Waals surface area (Å²) in [7, 11) is 0. The number of alkyl halides is 1. The Bertz CT molecular complexity index is 527. The maximum atomic E-state index is 6.11. The first-order valence-corrected chi connectivity index (χ1v) is 6.76. The highest BCUT2D eigenvalue weighted by Crippen LogP contribution is 2.33. The molecule has 4 heteroatoms. The first-order chi connectivity index (χ1) is 8.78. The molecule has 1 atom stereocenters. The van der Waals surface area contributed by atoms with Crippen molar-refractivity contribution in [3.63, 3.8) is 0 Å². The molecule has 1 heterocycles. The quantitative estimate of drug-likeness (QED) is 0.793. The van der Waals surface area contributed by atoms with Gasteiger partial charge in [0.25, 0.3) is 0 Å². The van der Waals surface area contributed by atoms with Crippen molar-refractivity contribution in [3.8, 4) is 0 Å². The van der Waals surface area contributed by atoms with Gasteiger partial charge in [-0.3, -0.25) is 0 Å². The molecule has 0 radical (unpaired) electrons. The predicted octanol–water partition coefficient (Wildman–Crippen LogP) is 3.64. The second-order valence-electron chi connectivity index (χ2n) is 4.74. The molecular formula is C14H15ClN2O. The molecule has 94 valence electrons. The Morgan fingerprint density at radius 3 is 2.61 bits per heavy atom. The van der Waals surface area contributed by atoms with E-state index < -0.39 is 0 Å². The van der Waals surface area contributed by atoms with Gasteiger partial charge in [-0.15, -0.1) is 11.6 Å². The van der Waals surface area contributed by atoms with E-state index in [1.54, 1.807) is 0 Å². The zero-order chi connectivity index (χ0) is 12.5. The zero-order valence-electron chi connectivity index (χ0n) is 10.3. The van der Waals surface area contributed by atoms with Crippen LogP contribution < -0.4 is 0 Å². The average molecular weight is 263 g/mol. The van der Waals surface area contributed by atoms with Crippen LogP contribution in [0.5, 0.6) is 0 Å². The van der Waals surface area contributed by atoms with Crippen LogP contribution >= 0.6 is 11.6 Å². The summed E-state index contributed by atoms with van der Waals surface area (Å²) in [4.78, 5) is 4.44. The highest BCUT2D eigenvalue weighted by Gasteiger charge is 2.27. The van der Waals surface area contributed by atoms with Crippen LogP contribution in [0.4, 0.5) is 0 Å². The first kappa shape index (κ1) is 11.7. The molecule has 0 aliphatic heterocycles. The molecule has 1 aromatic carbocycles. The summed E-state index contributed by atoms with van der Waals surface area (Å²) in [6.45, 7) is 2.01. The van der Waals surface area contributed by atoms with E-state index in [2.05, 4.69) is 34.4 Å². The zero-order valence-corrected chi connectivity index (χ0v) is 11.0. The monoisotopic (exact) mass is 262 g/mol. The van der Waals surface area contributed by atoms with Crippen LogP contribution in [-0.4, -0.2) is 10.1 Å². The Balaban J connectivity index is 1.80. The molecule has 0 saturated carbocycles. The van der Waals surface area contributed by atoms with Crippen LogP contribution in [0.1, 0.15) is 47.5 Å². The summed E-state index contributed by atoms with van der Waals surface area (Å²) in [5, 5.41) is 3.83. The molecule has 1 unspecified atom stereocenters. The summed E-state index contributed by atoms with van der Waals surface area (Å²) in [6.07, 6.45) is 2.78. The molecule has 0 amide bonds. The van der Waals surface area contributed by atoms with Gasteiger partial charge in [-0.05, 0) is 30.4 Å². The molecule has 0 spiro atoms. The van der Waals surface area contributed by atoms with Crippen molar-refractivity contribution in [1.82, 2.24) is 10.1 Å². The third-order valence-electron chi connectivity index (χ3n) is 3.50. The SMILES string of the molecule is CCC(Cl)c1noc(C2Cc3ccccc3C2)n1. The van der Waals surface area contributed by atoms with Crippen LogP contribution in [0.2, 0.25) is 0 Å². The summed E-state index contributed by atoms with van der Waals surface area (Å²) in [6, 6.07) is 8.49. The number of nitrogens with zero attached hydrogens (tertiary/aromatic N) is 2. The Labute approximate surface area is 111 Å². The van der Waals surface area contributed by atoms with Crippen molar-refractivity contribution in [2.45, 2.75) is 37.5 Å². The molecule has 0 fully saturated rings. The van der Waals surface area contributed by atoms with E-state index in [-0.39, 0.29) is 5.38 Å². The van der Waals surface area contributed by atoms with E-state index in [0.29, 0.717) is 11.7 Å². The maximum absolute atomic E-state index is 6.11. The van der Waals surface area contributed by atoms with Gasteiger partial charge in [-0.2, -0.15) is 4.98 Å². The fourth-order valence-electron chi connectivity index (χ4n) is 2.46. The maximum Gasteiger partial charge on any atom is 0.230 e. The van der Waals surface area contributed by atoms with Gasteiger partial charge in [0.2, 0.25) is 5.89 Å². The van der Waals surface area contributed by atoms with Crippen molar-refractivity contribution in [1.29, 1.82) is 0 Å². The van der Waals surface area contributed by atoms with E-state index in [1.807, 2.05) is 6.92 Å². The number of rotatable bonds is 3. The van der Waals surface area contributed by atoms with Gasteiger partial charge < -0.3 is 4.52 Å². The van der Waals surface area contributed by atoms with Crippen molar-refractivity contribution in [2.24, 2.45) is 0 Å². The van der Waals surface area contributed by atoms with E-state index in [4.69, 9.17) is 16.1 Å². The summed E-state index contributed by atoms with van der Waals surface area (Å²) >= 11 is 6.11. The first-order valence-electron chi connectivity index (χ1n) is 6.32. The lowest BCUT2D eigenvalue weighted by Gasteiger charge is -2.01. The van der Waals surface area contributed by atoms with Gasteiger partial charge in [0.15, 0.2) is 5.82 Å². The Morgan fingerprint density at radius 2 is 2.00 bits per heavy atom. The van der Waals surface area contributed by atoms with Crippen LogP contribution in [0.15, 0.2) is 28.8 Å². The minimum Gasteiger partial charge on any atom is -0.339 e. The fraction of sp³-hybridized carbons (Fsp3) is 0.429. The summed E-state index contributed by atoms with van der Waals surface area (Å²) in [5.41, 5.74) is 2.78. The average Bonchev–Trinajstić information content (AvgIpc) is 3.03. The molecule has 18 heavy (non-hydrogen) atoms. The minimum atomic E-state index is -0.147. The number of aromatic nitrogens is 2. The Hall–Kier alpha value is -1.35. The molecule has 0 bridgehead atoms. The van der Waals surface area contributed by atoms with Gasteiger partial charge in [0, 0.05) is 5.92 Å². The van der Waals surface area contributed by atoms with E-state index >= 15 is 0 Å². The molecule has 0 saturated heterocycles. The number of hydrogen-bond acceptors (Lipinski definition) is 3. The van der Waals surface area contributed by atoms with Gasteiger partial charge in [0.1, 0.15) is 0 Å². The van der Waals surface area contributed by atoms with Crippen LogP contribution in [0, 0.1) is 0 Å². The second kappa shape index (κ2) is 4.73. The van der Waals surface area contributed by atoms with Crippen molar-refractivity contribution < 1.29 is 4.52 Å². The number of benzene rings is 1. The third-order valence-corrected chi connectivity index (χ3v) is 4.00. The molecule has 2 aromatic rings. The number of fused-ring (bicyclic) bond motifs is 1. The molecule has 1 aliphatic carbocycles. The molecule has 3 nitrogen and oxygen atoms in total. The van der Waals surface area contributed by atoms with E-state index in [1.165, 1.54) is 11.1 Å². The largest absolute Gasteiger partial charge is 0.339 e. The molecule has 1 aromatic heterocycles. The number of hydrogen-bond donors (Lipinski definition) is 0. The van der Waals surface area contributed by atoms with Gasteiger partial charge in [-0.25, -0.2) is 0 Å². The lowest BCUT2D eigenvalue weighted by atomic mass is 10.1. The normalized spacial score (nSPS) is 16.8. The van der Waals surface area contributed by atoms with Crippen LogP contribution in [0.25, 0.3) is 0 Å². The Morgan fingerprint density at radius 1 is 1.33 bits per heavy atom. The highest BCUT2D eigenvalue weighted by molar-refractivity contribution is 6.20. The number of halogens is 1. The predicted molar refractivity (Wildman–Crippen MR) is 69.8 cm³/mol. The standard InChI is InChI=1S/C14H15ClN2O/c1-2-12(15)13-16-14(18-17-13)11-7-9-5-3-4-6-10(9)8-11/h3-6,11-12H,2,7-8H2,1H3. The Kier molecular flexibility index (Phi) is 3.08. The van der Waals surface area contributed by atoms with Gasteiger partial charge in [-0.1, -0.05) is 36.3 Å². The summed E-state index contributed by atoms with van der Waals surface area (Å²) in [5.74, 6) is 1.65. The molecule has 0 N–H and O–H groups in total. The molecular weight excluding hydrogens is 248 g/mol. The van der Waals surface area contributed by atoms with Crippen LogP contribution in [-0.2, 0) is 12.8 Å². The van der Waals surface area contributed by atoms with Crippen molar-refractivity contribution in [2.75, 3.05) is 0 Å². The minimum absolute atomic E-state index is 0.147. The highest BCUT2D eigenvalue weighted by atomic mass is 35.5. The van der Waals surface area contributed by atoms with Crippen molar-refractivity contribution in [3.05, 3.63) is 47.1 Å². The summed E-state index contributed by atoms with van der Waals surface area (Å²) < 4.78 is 5.36. The fourth-order valence-corrected chi connectivity index (χ4v) is 2.54. The lowest BCUT2D eigenvalue weighted by molar-refractivity contribution is 0.351. The van der Waals surface area contributed by atoms with Crippen molar-refractivity contribution >= 4 is 11.6 Å².